The van der Waals surface area contributed by atoms with E-state index in [-0.39, 0.29) is 40.1 Å². The number of esters is 1. The number of carboxylic acid groups (broad SMARTS) is 1. The fraction of sp³-hybridized carbons (Fsp3) is 0.676. The van der Waals surface area contributed by atoms with Crippen LogP contribution in [0.2, 0.25) is 0 Å². The van der Waals surface area contributed by atoms with Crippen molar-refractivity contribution < 1.29 is 29.6 Å². The average Bonchev–Trinajstić information content (AvgIpc) is 3.20. The average molecular weight is 672 g/mol. The van der Waals surface area contributed by atoms with Crippen molar-refractivity contribution in [2.45, 2.75) is 118 Å². The van der Waals surface area contributed by atoms with Gasteiger partial charge < -0.3 is 20.1 Å². The number of hydrogen-bond donors (Lipinski definition) is 3. The Morgan fingerprint density at radius 3 is 2.20 bits per heavy atom. The summed E-state index contributed by atoms with van der Waals surface area (Å²) in [7, 11) is 0. The fourth-order valence-corrected chi connectivity index (χ4v) is 11.1. The SMILES string of the molecule is CC(=O)O[C@H]1C[C@@]2(C)[C@@H](C[C@@H](O)C3[C@]2(C)CC[C@H]2[C@H](C)[C@H](O)CC[C@]32C)/C1=C(\CCC(=C(C)C)c1ccc(Br)cc1)C(=O)O. The number of aliphatic hydroxyl groups is 2. The second-order valence-electron chi connectivity index (χ2n) is 15.3. The highest BCUT2D eigenvalue weighted by Crippen LogP contribution is 2.74. The second-order valence-corrected chi connectivity index (χ2v) is 16.2. The van der Waals surface area contributed by atoms with E-state index < -0.39 is 24.1 Å². The zero-order valence-corrected chi connectivity index (χ0v) is 29.0. The van der Waals surface area contributed by atoms with Gasteiger partial charge in [-0.15, -0.1) is 0 Å². The number of aliphatic hydroxyl groups excluding tert-OH is 2. The van der Waals surface area contributed by atoms with E-state index in [0.29, 0.717) is 42.7 Å². The van der Waals surface area contributed by atoms with Crippen molar-refractivity contribution in [3.63, 3.8) is 0 Å². The van der Waals surface area contributed by atoms with Crippen molar-refractivity contribution in [2.75, 3.05) is 0 Å². The molecule has 7 heteroatoms. The number of rotatable bonds is 6. The summed E-state index contributed by atoms with van der Waals surface area (Å²) in [5.41, 5.74) is 3.58. The molecule has 242 valence electrons. The van der Waals surface area contributed by atoms with Crippen molar-refractivity contribution in [3.05, 3.63) is 51.0 Å². The topological polar surface area (TPSA) is 104 Å². The van der Waals surface area contributed by atoms with Gasteiger partial charge in [0, 0.05) is 17.0 Å². The molecular formula is C37H51BrO6. The van der Waals surface area contributed by atoms with Crippen LogP contribution in [0.15, 0.2) is 45.5 Å². The number of allylic oxidation sites excluding steroid dienone is 2. The lowest BCUT2D eigenvalue weighted by molar-refractivity contribution is -0.234. The van der Waals surface area contributed by atoms with Crippen molar-refractivity contribution in [2.24, 2.45) is 39.9 Å². The minimum Gasteiger partial charge on any atom is -0.478 e. The zero-order valence-electron chi connectivity index (χ0n) is 27.5. The number of hydrogen-bond acceptors (Lipinski definition) is 5. The van der Waals surface area contributed by atoms with Gasteiger partial charge in [0.1, 0.15) is 6.10 Å². The first-order valence-electron chi connectivity index (χ1n) is 16.5. The Bertz CT molecular complexity index is 1360. The van der Waals surface area contributed by atoms with Gasteiger partial charge in [-0.2, -0.15) is 0 Å². The Morgan fingerprint density at radius 1 is 0.955 bits per heavy atom. The molecule has 6 nitrogen and oxygen atoms in total. The quantitative estimate of drug-likeness (QED) is 0.210. The molecule has 1 aromatic rings. The van der Waals surface area contributed by atoms with E-state index in [4.69, 9.17) is 4.74 Å². The predicted molar refractivity (Wildman–Crippen MR) is 176 cm³/mol. The first-order valence-corrected chi connectivity index (χ1v) is 17.3. The van der Waals surface area contributed by atoms with Gasteiger partial charge in [-0.05, 0) is 134 Å². The third-order valence-corrected chi connectivity index (χ3v) is 13.6. The lowest BCUT2D eigenvalue weighted by Crippen LogP contribution is -2.65. The molecule has 3 N–H and O–H groups in total. The van der Waals surface area contributed by atoms with Gasteiger partial charge in [-0.3, -0.25) is 4.79 Å². The number of carboxylic acids is 1. The molecule has 0 bridgehead atoms. The molecule has 0 aliphatic heterocycles. The Morgan fingerprint density at radius 2 is 1.61 bits per heavy atom. The van der Waals surface area contributed by atoms with Crippen LogP contribution in [0.25, 0.3) is 5.57 Å². The van der Waals surface area contributed by atoms with Crippen LogP contribution in [0.5, 0.6) is 0 Å². The van der Waals surface area contributed by atoms with Crippen LogP contribution >= 0.6 is 15.9 Å². The number of fused-ring (bicyclic) bond motifs is 5. The van der Waals surface area contributed by atoms with Gasteiger partial charge in [0.05, 0.1) is 12.2 Å². The van der Waals surface area contributed by atoms with Crippen LogP contribution in [0, 0.1) is 39.9 Å². The van der Waals surface area contributed by atoms with Crippen LogP contribution in [0.3, 0.4) is 0 Å². The summed E-state index contributed by atoms with van der Waals surface area (Å²) in [5.74, 6) is -1.06. The van der Waals surface area contributed by atoms with Gasteiger partial charge >= 0.3 is 11.9 Å². The molecule has 1 aromatic carbocycles. The molecule has 0 saturated heterocycles. The third kappa shape index (κ3) is 5.33. The second kappa shape index (κ2) is 12.0. The molecule has 0 heterocycles. The van der Waals surface area contributed by atoms with Gasteiger partial charge in [0.15, 0.2) is 0 Å². The summed E-state index contributed by atoms with van der Waals surface area (Å²) in [5, 5.41) is 33.6. The summed E-state index contributed by atoms with van der Waals surface area (Å²) in [6.45, 7) is 14.6. The normalized spacial score (nSPS) is 40.7. The molecule has 10 atom stereocenters. The third-order valence-electron chi connectivity index (χ3n) is 13.0. The number of benzene rings is 1. The molecule has 0 aromatic heterocycles. The predicted octanol–water partition coefficient (Wildman–Crippen LogP) is 7.96. The molecule has 4 aliphatic rings. The highest BCUT2D eigenvalue weighted by atomic mass is 79.9. The maximum absolute atomic E-state index is 13.1. The van der Waals surface area contributed by atoms with E-state index in [1.54, 1.807) is 0 Å². The molecule has 44 heavy (non-hydrogen) atoms. The summed E-state index contributed by atoms with van der Waals surface area (Å²) >= 11 is 3.51. The molecular weight excluding hydrogens is 620 g/mol. The van der Waals surface area contributed by atoms with E-state index in [1.807, 2.05) is 12.1 Å². The molecule has 5 rings (SSSR count). The maximum atomic E-state index is 13.1. The molecule has 1 unspecified atom stereocenters. The van der Waals surface area contributed by atoms with Crippen LogP contribution in [0.4, 0.5) is 0 Å². The first-order chi connectivity index (χ1) is 20.5. The summed E-state index contributed by atoms with van der Waals surface area (Å²) < 4.78 is 6.98. The van der Waals surface area contributed by atoms with Crippen molar-refractivity contribution in [1.29, 1.82) is 0 Å². The Hall–Kier alpha value is -1.96. The first kappa shape index (κ1) is 33.4. The van der Waals surface area contributed by atoms with Crippen LogP contribution in [0.1, 0.15) is 105 Å². The van der Waals surface area contributed by atoms with Gasteiger partial charge in [-0.1, -0.05) is 61.3 Å². The van der Waals surface area contributed by atoms with E-state index in [9.17, 15) is 24.9 Å². The minimum atomic E-state index is -0.974. The zero-order chi connectivity index (χ0) is 32.4. The largest absolute Gasteiger partial charge is 0.478 e. The number of carbonyl (C=O) groups is 2. The lowest BCUT2D eigenvalue weighted by atomic mass is 9.36. The monoisotopic (exact) mass is 670 g/mol. The molecule has 4 saturated carbocycles. The van der Waals surface area contributed by atoms with Crippen LogP contribution in [-0.4, -0.2) is 45.6 Å². The van der Waals surface area contributed by atoms with Crippen molar-refractivity contribution >= 4 is 33.4 Å². The minimum absolute atomic E-state index is 0.0187. The van der Waals surface area contributed by atoms with Crippen LogP contribution in [-0.2, 0) is 14.3 Å². The summed E-state index contributed by atoms with van der Waals surface area (Å²) in [6.07, 6.45) is 3.82. The summed E-state index contributed by atoms with van der Waals surface area (Å²) in [6, 6.07) is 8.10. The van der Waals surface area contributed by atoms with E-state index in [0.717, 1.165) is 46.9 Å². The highest BCUT2D eigenvalue weighted by Gasteiger charge is 2.70. The Labute approximate surface area is 271 Å². The number of halogens is 1. The van der Waals surface area contributed by atoms with Crippen molar-refractivity contribution in [3.8, 4) is 0 Å². The highest BCUT2D eigenvalue weighted by molar-refractivity contribution is 9.10. The van der Waals surface area contributed by atoms with Gasteiger partial charge in [0.25, 0.3) is 0 Å². The smallest absolute Gasteiger partial charge is 0.331 e. The molecule has 4 aliphatic carbocycles. The van der Waals surface area contributed by atoms with Gasteiger partial charge in [0.2, 0.25) is 0 Å². The maximum Gasteiger partial charge on any atom is 0.331 e. The Balaban J connectivity index is 1.57. The lowest BCUT2D eigenvalue weighted by Gasteiger charge is -2.69. The number of carbonyl (C=O) groups excluding carboxylic acids is 1. The van der Waals surface area contributed by atoms with E-state index >= 15 is 0 Å². The molecule has 0 spiro atoms. The fourth-order valence-electron chi connectivity index (χ4n) is 10.9. The van der Waals surface area contributed by atoms with Gasteiger partial charge in [-0.25, -0.2) is 4.79 Å². The molecule has 0 amide bonds. The van der Waals surface area contributed by atoms with Crippen LogP contribution < -0.4 is 0 Å². The van der Waals surface area contributed by atoms with E-state index in [2.05, 4.69) is 69.6 Å². The van der Waals surface area contributed by atoms with E-state index in [1.165, 1.54) is 6.92 Å². The standard InChI is InChI=1S/C37H51BrO6/c1-20(2)25(23-8-10-24(38)11-9-23)12-13-26(34(42)43)32-28-18-30(41)33-35(5)16-15-29(40)21(3)27(35)14-17-36(33,6)37(28,7)19-31(32)44-22(4)39/h8-11,21,27-31,33,40-41H,12-19H2,1-7H3,(H,42,43)/b32-26-/t21-,27-,28-,29+,30+,31-,33?,35-,36-,37-/m0/s1. The number of ether oxygens (including phenoxy) is 1. The Kier molecular flexibility index (Phi) is 9.11. The number of aliphatic carboxylic acids is 1. The van der Waals surface area contributed by atoms with Crippen molar-refractivity contribution in [1.82, 2.24) is 0 Å². The summed E-state index contributed by atoms with van der Waals surface area (Å²) in [4.78, 5) is 25.6. The molecule has 0 radical (unpaired) electrons. The molecule has 4 fully saturated rings.